The number of likely N-dealkylation sites (N-methyl/N-ethyl adjacent to an activating group) is 1. The Balaban J connectivity index is 4.90. The van der Waals surface area contributed by atoms with E-state index < -0.39 is 32.2 Å². The summed E-state index contributed by atoms with van der Waals surface area (Å²) in [4.78, 5) is 11.1. The summed E-state index contributed by atoms with van der Waals surface area (Å²) in [7, 11) is 1.56. The average molecular weight is 787 g/mol. The lowest BCUT2D eigenvalue weighted by molar-refractivity contribution is -0.873. The van der Waals surface area contributed by atoms with Crippen LogP contribution in [0.5, 0.6) is 0 Å². The van der Waals surface area contributed by atoms with Gasteiger partial charge in [0.25, 0.3) is 0 Å². The molecule has 0 rings (SSSR count). The van der Waals surface area contributed by atoms with E-state index in [1.165, 1.54) is 116 Å². The number of quaternary nitrogens is 1. The molecule has 0 aromatic rings. The fraction of sp³-hybridized carbons (Fsp3) is 0.913. The van der Waals surface area contributed by atoms with E-state index >= 15 is 0 Å². The highest BCUT2D eigenvalue weighted by molar-refractivity contribution is 7.47. The van der Waals surface area contributed by atoms with Crippen molar-refractivity contribution in [3.8, 4) is 0 Å². The first-order chi connectivity index (χ1) is 25.9. The van der Waals surface area contributed by atoms with Gasteiger partial charge in [-0.05, 0) is 70.6 Å². The van der Waals surface area contributed by atoms with Crippen molar-refractivity contribution < 1.29 is 33.2 Å². The molecule has 3 N–H and O–H groups in total. The van der Waals surface area contributed by atoms with E-state index in [9.17, 15) is 19.7 Å². The van der Waals surface area contributed by atoms with Crippen molar-refractivity contribution in [3.63, 3.8) is 0 Å². The minimum Gasteiger partial charge on any atom is -0.394 e. The molecule has 0 saturated carbocycles. The van der Waals surface area contributed by atoms with E-state index in [1.54, 1.807) is 0 Å². The second-order valence-electron chi connectivity index (χ2n) is 17.3. The maximum Gasteiger partial charge on any atom is 0.473 e. The van der Waals surface area contributed by atoms with Gasteiger partial charge < -0.3 is 19.6 Å². The van der Waals surface area contributed by atoms with Crippen molar-refractivity contribution in [2.45, 2.75) is 238 Å². The fourth-order valence-corrected chi connectivity index (χ4v) is 8.81. The van der Waals surface area contributed by atoms with Crippen molar-refractivity contribution in [1.29, 1.82) is 0 Å². The monoisotopic (exact) mass is 787 g/mol. The van der Waals surface area contributed by atoms with Crippen molar-refractivity contribution in [2.75, 3.05) is 34.3 Å². The minimum atomic E-state index is -4.52. The summed E-state index contributed by atoms with van der Waals surface area (Å²) >= 11 is 0. The standard InChI is InChI=1S/C46H92NO6P/c1-7-10-12-14-16-18-20-22-24-26-28-30-32-34-36-38-40-46(45(49)43-48,53-54(50,51)52-44(9-3)42-47(4,5)6)41-39-37-35-33-31-29-27-25-23-21-19-17-15-13-11-8-2/h22-25,44-45,48-49H,7-21,26-43H2,1-6H3/p+1/b24-22-,25-23-/t44?,45-/m0/s1. The zero-order valence-corrected chi connectivity index (χ0v) is 37.7. The molecule has 322 valence electrons. The summed E-state index contributed by atoms with van der Waals surface area (Å²) in [6, 6.07) is 0. The highest BCUT2D eigenvalue weighted by Gasteiger charge is 2.45. The number of phosphoric ester groups is 1. The highest BCUT2D eigenvalue weighted by Crippen LogP contribution is 2.52. The molecule has 0 bridgehead atoms. The second-order valence-corrected chi connectivity index (χ2v) is 18.6. The van der Waals surface area contributed by atoms with Gasteiger partial charge >= 0.3 is 7.82 Å². The first-order valence-corrected chi connectivity index (χ1v) is 24.6. The maximum absolute atomic E-state index is 13.5. The molecule has 7 nitrogen and oxygen atoms in total. The summed E-state index contributed by atoms with van der Waals surface area (Å²) in [5.41, 5.74) is -1.32. The number of rotatable bonds is 41. The van der Waals surface area contributed by atoms with Crippen LogP contribution in [0.2, 0.25) is 0 Å². The molecule has 0 saturated heterocycles. The zero-order chi connectivity index (χ0) is 40.2. The van der Waals surface area contributed by atoms with Crippen LogP contribution < -0.4 is 0 Å². The van der Waals surface area contributed by atoms with Crippen LogP contribution in [0, 0.1) is 0 Å². The van der Waals surface area contributed by atoms with Crippen LogP contribution in [0.15, 0.2) is 24.3 Å². The Hall–Kier alpha value is -0.530. The predicted molar refractivity (Wildman–Crippen MR) is 233 cm³/mol. The number of unbranched alkanes of at least 4 members (excludes halogenated alkanes) is 24. The zero-order valence-electron chi connectivity index (χ0n) is 36.8. The third-order valence-electron chi connectivity index (χ3n) is 10.8. The Morgan fingerprint density at radius 2 is 0.907 bits per heavy atom. The van der Waals surface area contributed by atoms with Crippen molar-refractivity contribution in [3.05, 3.63) is 24.3 Å². The van der Waals surface area contributed by atoms with Gasteiger partial charge in [0, 0.05) is 0 Å². The number of aliphatic hydroxyl groups is 2. The third kappa shape index (κ3) is 32.5. The van der Waals surface area contributed by atoms with Crippen LogP contribution in [0.1, 0.15) is 220 Å². The summed E-state index contributed by atoms with van der Waals surface area (Å²) in [5.74, 6) is 0. The Labute approximate surface area is 336 Å². The molecule has 0 aliphatic heterocycles. The van der Waals surface area contributed by atoms with Gasteiger partial charge in [0.05, 0.1) is 27.7 Å². The molecule has 0 spiro atoms. The Morgan fingerprint density at radius 3 is 1.22 bits per heavy atom. The number of nitrogens with zero attached hydrogens (tertiary/aromatic N) is 1. The first-order valence-electron chi connectivity index (χ1n) is 23.1. The van der Waals surface area contributed by atoms with Crippen LogP contribution >= 0.6 is 7.82 Å². The smallest absolute Gasteiger partial charge is 0.394 e. The third-order valence-corrected chi connectivity index (χ3v) is 11.9. The largest absolute Gasteiger partial charge is 0.473 e. The van der Waals surface area contributed by atoms with Gasteiger partial charge in [-0.1, -0.05) is 173 Å². The van der Waals surface area contributed by atoms with E-state index in [0.717, 1.165) is 64.2 Å². The molecule has 0 radical (unpaired) electrons. The summed E-state index contributed by atoms with van der Waals surface area (Å²) < 4.78 is 25.9. The van der Waals surface area contributed by atoms with Crippen molar-refractivity contribution in [2.24, 2.45) is 0 Å². The molecule has 8 heteroatoms. The van der Waals surface area contributed by atoms with Crippen LogP contribution in [-0.4, -0.2) is 71.7 Å². The van der Waals surface area contributed by atoms with Crippen molar-refractivity contribution >= 4 is 7.82 Å². The topological polar surface area (TPSA) is 96.2 Å². The maximum atomic E-state index is 13.5. The average Bonchev–Trinajstić information content (AvgIpc) is 3.12. The molecular formula is C46H93NO6P+. The van der Waals surface area contributed by atoms with Gasteiger partial charge in [-0.15, -0.1) is 0 Å². The van der Waals surface area contributed by atoms with E-state index in [4.69, 9.17) is 9.05 Å². The Morgan fingerprint density at radius 1 is 0.574 bits per heavy atom. The second kappa shape index (κ2) is 35.6. The minimum absolute atomic E-state index is 0.418. The lowest BCUT2D eigenvalue weighted by Gasteiger charge is -2.39. The molecular weight excluding hydrogens is 693 g/mol. The quantitative estimate of drug-likeness (QED) is 0.0247. The van der Waals surface area contributed by atoms with E-state index in [0.29, 0.717) is 30.3 Å². The number of aliphatic hydroxyl groups excluding tert-OH is 2. The highest BCUT2D eigenvalue weighted by atomic mass is 31.2. The number of allylic oxidation sites excluding steroid dienone is 4. The molecule has 0 aliphatic carbocycles. The molecule has 3 atom stereocenters. The molecule has 0 amide bonds. The van der Waals surface area contributed by atoms with Crippen LogP contribution in [0.3, 0.4) is 0 Å². The normalized spacial score (nSPS) is 15.1. The summed E-state index contributed by atoms with van der Waals surface area (Å²) in [6.07, 6.45) is 42.7. The molecule has 0 fully saturated rings. The molecule has 0 heterocycles. The van der Waals surface area contributed by atoms with Gasteiger partial charge in [-0.3, -0.25) is 9.05 Å². The number of hydrogen-bond donors (Lipinski definition) is 3. The van der Waals surface area contributed by atoms with Gasteiger partial charge in [0.1, 0.15) is 24.4 Å². The van der Waals surface area contributed by atoms with Gasteiger partial charge in [0.15, 0.2) is 0 Å². The first kappa shape index (κ1) is 53.5. The fourth-order valence-electron chi connectivity index (χ4n) is 7.41. The van der Waals surface area contributed by atoms with Crippen LogP contribution in [0.25, 0.3) is 0 Å². The van der Waals surface area contributed by atoms with E-state index in [-0.39, 0.29) is 0 Å². The molecule has 2 unspecified atom stereocenters. The van der Waals surface area contributed by atoms with Crippen molar-refractivity contribution in [1.82, 2.24) is 0 Å². The Kier molecular flexibility index (Phi) is 35.3. The molecule has 0 aromatic heterocycles. The van der Waals surface area contributed by atoms with Gasteiger partial charge in [-0.25, -0.2) is 4.57 Å². The number of hydrogen-bond acceptors (Lipinski definition) is 5. The van der Waals surface area contributed by atoms with Gasteiger partial charge in [-0.2, -0.15) is 0 Å². The lowest BCUT2D eigenvalue weighted by atomic mass is 9.85. The van der Waals surface area contributed by atoms with Gasteiger partial charge in [0.2, 0.25) is 0 Å². The van der Waals surface area contributed by atoms with Crippen LogP contribution in [-0.2, 0) is 13.6 Å². The van der Waals surface area contributed by atoms with E-state index in [2.05, 4.69) is 38.2 Å². The van der Waals surface area contributed by atoms with Crippen LogP contribution in [0.4, 0.5) is 0 Å². The summed E-state index contributed by atoms with van der Waals surface area (Å²) in [5, 5.41) is 21.3. The molecule has 0 aliphatic rings. The summed E-state index contributed by atoms with van der Waals surface area (Å²) in [6.45, 7) is 6.51. The van der Waals surface area contributed by atoms with E-state index in [1.807, 2.05) is 28.1 Å². The number of phosphoric acid groups is 1. The Bertz CT molecular complexity index is 877. The lowest BCUT2D eigenvalue weighted by Crippen LogP contribution is -2.47. The SMILES string of the molecule is CCCCCCCC/C=C\CCCCCCCCC(CCCCCCCC/C=C\CCCCCCCC)(OP(=O)(O)OC(CC)C[N+](C)(C)C)[C@@H](O)CO. The molecule has 0 aromatic carbocycles. The molecule has 54 heavy (non-hydrogen) atoms. The predicted octanol–water partition coefficient (Wildman–Crippen LogP) is 13.6.